The van der Waals surface area contributed by atoms with Gasteiger partial charge in [0.15, 0.2) is 0 Å². The van der Waals surface area contributed by atoms with Crippen LogP contribution in [-0.4, -0.2) is 12.9 Å². The molecule has 0 bridgehead atoms. The van der Waals surface area contributed by atoms with Gasteiger partial charge in [-0.15, -0.1) is 5.54 Å². The van der Waals surface area contributed by atoms with E-state index in [1.54, 1.807) is 0 Å². The summed E-state index contributed by atoms with van der Waals surface area (Å²) in [5, 5.41) is 0. The van der Waals surface area contributed by atoms with Crippen molar-refractivity contribution in [2.24, 2.45) is 5.92 Å². The average Bonchev–Trinajstić information content (AvgIpc) is 1.80. The quantitative estimate of drug-likeness (QED) is 0.373. The Bertz CT molecular complexity index is 212. The lowest BCUT2D eigenvalue weighted by Crippen LogP contribution is -2.17. The second-order valence-corrected chi connectivity index (χ2v) is 9.76. The van der Waals surface area contributed by atoms with Crippen molar-refractivity contribution >= 4 is 25.2 Å². The molecule has 0 aromatic rings. The zero-order valence-electron chi connectivity index (χ0n) is 8.69. The summed E-state index contributed by atoms with van der Waals surface area (Å²) < 4.78 is 0. The summed E-state index contributed by atoms with van der Waals surface area (Å²) in [4.78, 5) is 0.924. The predicted molar refractivity (Wildman–Crippen MR) is 63.2 cm³/mol. The van der Waals surface area contributed by atoms with Crippen molar-refractivity contribution in [2.75, 3.05) is 0 Å². The maximum atomic E-state index is 5.15. The fourth-order valence-electron chi connectivity index (χ4n) is 0.679. The molecule has 0 heterocycles. The minimum Gasteiger partial charge on any atom is -0.126 e. The van der Waals surface area contributed by atoms with Gasteiger partial charge in [0.25, 0.3) is 0 Å². The summed E-state index contributed by atoms with van der Waals surface area (Å²) in [6, 6.07) is 0. The third kappa shape index (κ3) is 7.97. The minimum absolute atomic E-state index is 0.633. The van der Waals surface area contributed by atoms with Gasteiger partial charge in [-0.1, -0.05) is 51.6 Å². The first-order chi connectivity index (χ1) is 5.31. The van der Waals surface area contributed by atoms with Crippen molar-refractivity contribution in [3.8, 4) is 11.5 Å². The fourth-order valence-corrected chi connectivity index (χ4v) is 1.68. The standard InChI is InChI=1S/C10H18SSi/c1-9(2)8-10(11)6-7-12(3,4)5/h9H,8H2,1-5H3. The SMILES string of the molecule is CC(C)CC(=S)C#C[Si](C)(C)C. The van der Waals surface area contributed by atoms with Crippen LogP contribution >= 0.6 is 12.2 Å². The van der Waals surface area contributed by atoms with Gasteiger partial charge >= 0.3 is 0 Å². The van der Waals surface area contributed by atoms with Crippen LogP contribution in [0.15, 0.2) is 0 Å². The van der Waals surface area contributed by atoms with Crippen LogP contribution in [0.3, 0.4) is 0 Å². The van der Waals surface area contributed by atoms with Crippen molar-refractivity contribution in [3.05, 3.63) is 0 Å². The molecule has 0 aromatic heterocycles. The Balaban J connectivity index is 4.06. The van der Waals surface area contributed by atoms with E-state index in [0.717, 1.165) is 11.3 Å². The molecular weight excluding hydrogens is 180 g/mol. The molecule has 2 heteroatoms. The van der Waals surface area contributed by atoms with Crippen molar-refractivity contribution in [1.29, 1.82) is 0 Å². The van der Waals surface area contributed by atoms with E-state index in [9.17, 15) is 0 Å². The van der Waals surface area contributed by atoms with E-state index in [4.69, 9.17) is 12.2 Å². The number of hydrogen-bond acceptors (Lipinski definition) is 1. The summed E-state index contributed by atoms with van der Waals surface area (Å²) >= 11 is 5.15. The van der Waals surface area contributed by atoms with Crippen LogP contribution in [0.25, 0.3) is 0 Å². The highest BCUT2D eigenvalue weighted by atomic mass is 32.1. The molecule has 0 aliphatic carbocycles. The van der Waals surface area contributed by atoms with Crippen LogP contribution in [0.4, 0.5) is 0 Å². The second-order valence-electron chi connectivity index (χ2n) is 4.52. The number of rotatable bonds is 2. The Morgan fingerprint density at radius 3 is 2.17 bits per heavy atom. The molecule has 0 fully saturated rings. The highest BCUT2D eigenvalue weighted by Crippen LogP contribution is 2.02. The van der Waals surface area contributed by atoms with Gasteiger partial charge < -0.3 is 0 Å². The maximum absolute atomic E-state index is 5.15. The molecule has 0 nitrogen and oxygen atoms in total. The summed E-state index contributed by atoms with van der Waals surface area (Å²) in [7, 11) is -1.22. The number of hydrogen-bond donors (Lipinski definition) is 0. The Morgan fingerprint density at radius 2 is 1.83 bits per heavy atom. The lowest BCUT2D eigenvalue weighted by Gasteiger charge is -2.04. The molecular formula is C10H18SSi. The van der Waals surface area contributed by atoms with Gasteiger partial charge in [0.05, 0.1) is 4.86 Å². The van der Waals surface area contributed by atoms with Crippen LogP contribution in [0.1, 0.15) is 20.3 Å². The molecule has 0 N–H and O–H groups in total. The largest absolute Gasteiger partial charge is 0.129 e. The van der Waals surface area contributed by atoms with Crippen molar-refractivity contribution in [2.45, 2.75) is 39.9 Å². The lowest BCUT2D eigenvalue weighted by molar-refractivity contribution is 0.690. The van der Waals surface area contributed by atoms with Gasteiger partial charge in [-0.2, -0.15) is 0 Å². The summed E-state index contributed by atoms with van der Waals surface area (Å²) in [5.41, 5.74) is 3.27. The third-order valence-electron chi connectivity index (χ3n) is 1.17. The first-order valence-corrected chi connectivity index (χ1v) is 8.28. The van der Waals surface area contributed by atoms with Gasteiger partial charge in [0.1, 0.15) is 8.07 Å². The Labute approximate surface area is 82.8 Å². The maximum Gasteiger partial charge on any atom is 0.129 e. The molecule has 0 spiro atoms. The van der Waals surface area contributed by atoms with Crippen LogP contribution in [0, 0.1) is 17.4 Å². The molecule has 0 rings (SSSR count). The molecule has 12 heavy (non-hydrogen) atoms. The summed E-state index contributed by atoms with van der Waals surface area (Å²) in [5.74, 6) is 3.73. The molecule has 0 amide bonds. The van der Waals surface area contributed by atoms with Crippen LogP contribution in [0.5, 0.6) is 0 Å². The molecule has 0 atom stereocenters. The van der Waals surface area contributed by atoms with E-state index >= 15 is 0 Å². The molecule has 0 aromatic carbocycles. The van der Waals surface area contributed by atoms with Crippen LogP contribution in [-0.2, 0) is 0 Å². The zero-order chi connectivity index (χ0) is 9.78. The van der Waals surface area contributed by atoms with Crippen molar-refractivity contribution in [3.63, 3.8) is 0 Å². The Morgan fingerprint density at radius 1 is 1.33 bits per heavy atom. The smallest absolute Gasteiger partial charge is 0.126 e. The molecule has 0 aliphatic rings. The summed E-state index contributed by atoms with van der Waals surface area (Å²) in [6.07, 6.45) is 0.965. The summed E-state index contributed by atoms with van der Waals surface area (Å²) in [6.45, 7) is 11.0. The fraction of sp³-hybridized carbons (Fsp3) is 0.700. The monoisotopic (exact) mass is 198 g/mol. The minimum atomic E-state index is -1.22. The average molecular weight is 198 g/mol. The number of thiocarbonyl (C=S) groups is 1. The second kappa shape index (κ2) is 4.79. The molecule has 0 saturated carbocycles. The third-order valence-corrected chi connectivity index (χ3v) is 2.31. The highest BCUT2D eigenvalue weighted by Gasteiger charge is 2.07. The first kappa shape index (κ1) is 11.9. The molecule has 68 valence electrons. The topological polar surface area (TPSA) is 0 Å². The van der Waals surface area contributed by atoms with Gasteiger partial charge in [-0.3, -0.25) is 0 Å². The van der Waals surface area contributed by atoms with Gasteiger partial charge in [0, 0.05) is 0 Å². The van der Waals surface area contributed by atoms with Crippen LogP contribution < -0.4 is 0 Å². The van der Waals surface area contributed by atoms with E-state index in [-0.39, 0.29) is 0 Å². The van der Waals surface area contributed by atoms with E-state index in [2.05, 4.69) is 45.0 Å². The zero-order valence-corrected chi connectivity index (χ0v) is 10.5. The first-order valence-electron chi connectivity index (χ1n) is 4.37. The molecule has 0 unspecified atom stereocenters. The Kier molecular flexibility index (Phi) is 4.73. The highest BCUT2D eigenvalue weighted by molar-refractivity contribution is 7.81. The van der Waals surface area contributed by atoms with E-state index in [1.165, 1.54) is 0 Å². The normalized spacial score (nSPS) is 10.8. The van der Waals surface area contributed by atoms with Gasteiger partial charge in [-0.25, -0.2) is 0 Å². The lowest BCUT2D eigenvalue weighted by atomic mass is 10.1. The van der Waals surface area contributed by atoms with Crippen LogP contribution in [0.2, 0.25) is 19.6 Å². The van der Waals surface area contributed by atoms with E-state index in [1.807, 2.05) is 0 Å². The molecule has 0 aliphatic heterocycles. The van der Waals surface area contributed by atoms with E-state index in [0.29, 0.717) is 5.92 Å². The van der Waals surface area contributed by atoms with Gasteiger partial charge in [-0.05, 0) is 12.3 Å². The molecule has 0 radical (unpaired) electrons. The van der Waals surface area contributed by atoms with Crippen molar-refractivity contribution < 1.29 is 0 Å². The predicted octanol–water partition coefficient (Wildman–Crippen LogP) is 3.28. The van der Waals surface area contributed by atoms with Gasteiger partial charge in [0.2, 0.25) is 0 Å². The Hall–Kier alpha value is -0.133. The van der Waals surface area contributed by atoms with E-state index < -0.39 is 8.07 Å². The van der Waals surface area contributed by atoms with Crippen molar-refractivity contribution in [1.82, 2.24) is 0 Å². The molecule has 0 saturated heterocycles.